The van der Waals surface area contributed by atoms with E-state index in [4.69, 9.17) is 0 Å². The van der Waals surface area contributed by atoms with Gasteiger partial charge in [-0.25, -0.2) is 0 Å². The summed E-state index contributed by atoms with van der Waals surface area (Å²) in [6.07, 6.45) is 0.394. The SMILES string of the molecule is CC(C)CNC(=O)CCNCc1ccc(Br)c([N+](=O)[O-])c1. The summed E-state index contributed by atoms with van der Waals surface area (Å²) in [5, 5.41) is 16.8. The Morgan fingerprint density at radius 3 is 2.76 bits per heavy atom. The number of halogens is 1. The van der Waals surface area contributed by atoms with Crippen LogP contribution in [0, 0.1) is 16.0 Å². The lowest BCUT2D eigenvalue weighted by molar-refractivity contribution is -0.385. The number of nitrogens with one attached hydrogen (secondary N) is 2. The highest BCUT2D eigenvalue weighted by molar-refractivity contribution is 9.10. The van der Waals surface area contributed by atoms with Crippen LogP contribution < -0.4 is 10.6 Å². The van der Waals surface area contributed by atoms with Gasteiger partial charge in [-0.1, -0.05) is 19.9 Å². The summed E-state index contributed by atoms with van der Waals surface area (Å²) in [4.78, 5) is 21.9. The highest BCUT2D eigenvalue weighted by Crippen LogP contribution is 2.25. The molecular formula is C14H20BrN3O3. The van der Waals surface area contributed by atoms with Crippen molar-refractivity contribution in [3.8, 4) is 0 Å². The number of hydrogen-bond donors (Lipinski definition) is 2. The van der Waals surface area contributed by atoms with Crippen LogP contribution in [0.4, 0.5) is 5.69 Å². The maximum absolute atomic E-state index is 11.5. The molecule has 21 heavy (non-hydrogen) atoms. The summed E-state index contributed by atoms with van der Waals surface area (Å²) in [6, 6.07) is 4.99. The Bertz CT molecular complexity index is 506. The van der Waals surface area contributed by atoms with Gasteiger partial charge in [-0.3, -0.25) is 14.9 Å². The zero-order valence-corrected chi connectivity index (χ0v) is 13.8. The molecule has 0 fully saturated rings. The molecule has 0 radical (unpaired) electrons. The average molecular weight is 358 g/mol. The van der Waals surface area contributed by atoms with Gasteiger partial charge < -0.3 is 10.6 Å². The lowest BCUT2D eigenvalue weighted by atomic mass is 10.2. The van der Waals surface area contributed by atoms with Crippen LogP contribution in [-0.2, 0) is 11.3 Å². The molecule has 0 aliphatic carbocycles. The van der Waals surface area contributed by atoms with E-state index in [2.05, 4.69) is 26.6 Å². The fourth-order valence-corrected chi connectivity index (χ4v) is 2.04. The lowest BCUT2D eigenvalue weighted by Crippen LogP contribution is -2.30. The Morgan fingerprint density at radius 1 is 1.43 bits per heavy atom. The predicted molar refractivity (Wildman–Crippen MR) is 85.0 cm³/mol. The van der Waals surface area contributed by atoms with Crippen LogP contribution in [0.15, 0.2) is 22.7 Å². The fraction of sp³-hybridized carbons (Fsp3) is 0.500. The summed E-state index contributed by atoms with van der Waals surface area (Å²) in [5.41, 5.74) is 0.858. The number of carbonyl (C=O) groups excluding carboxylic acids is 1. The molecule has 0 saturated carbocycles. The number of rotatable bonds is 8. The van der Waals surface area contributed by atoms with Crippen LogP contribution in [0.2, 0.25) is 0 Å². The maximum atomic E-state index is 11.5. The van der Waals surface area contributed by atoms with Crippen LogP contribution >= 0.6 is 15.9 Å². The second-order valence-corrected chi connectivity index (χ2v) is 6.02. The van der Waals surface area contributed by atoms with Gasteiger partial charge >= 0.3 is 0 Å². The summed E-state index contributed by atoms with van der Waals surface area (Å²) >= 11 is 3.15. The van der Waals surface area contributed by atoms with Gasteiger partial charge in [0.1, 0.15) is 0 Å². The molecule has 2 N–H and O–H groups in total. The van der Waals surface area contributed by atoms with Crippen molar-refractivity contribution in [3.63, 3.8) is 0 Å². The summed E-state index contributed by atoms with van der Waals surface area (Å²) < 4.78 is 0.462. The molecule has 0 spiro atoms. The Hall–Kier alpha value is -1.47. The monoisotopic (exact) mass is 357 g/mol. The molecule has 0 saturated heterocycles. The molecule has 1 aromatic carbocycles. The molecule has 0 aliphatic rings. The average Bonchev–Trinajstić information content (AvgIpc) is 2.42. The van der Waals surface area contributed by atoms with Crippen LogP contribution in [0.25, 0.3) is 0 Å². The first-order chi connectivity index (χ1) is 9.90. The largest absolute Gasteiger partial charge is 0.356 e. The van der Waals surface area contributed by atoms with Crippen molar-refractivity contribution >= 4 is 27.5 Å². The van der Waals surface area contributed by atoms with E-state index in [0.29, 0.717) is 36.4 Å². The number of nitro benzene ring substituents is 1. The van der Waals surface area contributed by atoms with Crippen molar-refractivity contribution < 1.29 is 9.72 Å². The normalized spacial score (nSPS) is 10.7. The quantitative estimate of drug-likeness (QED) is 0.425. The number of carbonyl (C=O) groups is 1. The minimum atomic E-state index is -0.424. The second-order valence-electron chi connectivity index (χ2n) is 5.17. The number of benzene rings is 1. The molecule has 0 atom stereocenters. The van der Waals surface area contributed by atoms with E-state index < -0.39 is 4.92 Å². The van der Waals surface area contributed by atoms with E-state index in [9.17, 15) is 14.9 Å². The van der Waals surface area contributed by atoms with Gasteiger partial charge in [-0.2, -0.15) is 0 Å². The molecule has 7 heteroatoms. The van der Waals surface area contributed by atoms with Crippen LogP contribution in [-0.4, -0.2) is 23.9 Å². The van der Waals surface area contributed by atoms with Gasteiger partial charge in [-0.05, 0) is 33.5 Å². The number of nitrogens with zero attached hydrogens (tertiary/aromatic N) is 1. The molecule has 0 aliphatic heterocycles. The standard InChI is InChI=1S/C14H20BrN3O3/c1-10(2)8-17-14(19)5-6-16-9-11-3-4-12(15)13(7-11)18(20)21/h3-4,7,10,16H,5-6,8-9H2,1-2H3,(H,17,19). The zero-order valence-electron chi connectivity index (χ0n) is 12.2. The molecule has 0 heterocycles. The second kappa shape index (κ2) is 8.74. The molecule has 6 nitrogen and oxygen atoms in total. The molecule has 1 amide bonds. The van der Waals surface area contributed by atoms with E-state index in [0.717, 1.165) is 5.56 Å². The third-order valence-corrected chi connectivity index (χ3v) is 3.44. The fourth-order valence-electron chi connectivity index (χ4n) is 1.65. The first kappa shape index (κ1) is 17.6. The van der Waals surface area contributed by atoms with E-state index in [1.54, 1.807) is 6.07 Å². The Morgan fingerprint density at radius 2 is 2.14 bits per heavy atom. The Labute approximate surface area is 132 Å². The van der Waals surface area contributed by atoms with Crippen molar-refractivity contribution in [2.24, 2.45) is 5.92 Å². The molecule has 0 unspecified atom stereocenters. The lowest BCUT2D eigenvalue weighted by Gasteiger charge is -2.08. The van der Waals surface area contributed by atoms with Gasteiger partial charge in [0.25, 0.3) is 5.69 Å². The van der Waals surface area contributed by atoms with Crippen molar-refractivity contribution in [2.75, 3.05) is 13.1 Å². The van der Waals surface area contributed by atoms with Gasteiger partial charge in [0.15, 0.2) is 0 Å². The van der Waals surface area contributed by atoms with E-state index in [-0.39, 0.29) is 11.6 Å². The topological polar surface area (TPSA) is 84.3 Å². The van der Waals surface area contributed by atoms with Gasteiger partial charge in [0, 0.05) is 32.1 Å². The predicted octanol–water partition coefficient (Wildman–Crippen LogP) is 2.61. The number of amides is 1. The van der Waals surface area contributed by atoms with Gasteiger partial charge in [0.2, 0.25) is 5.91 Å². The summed E-state index contributed by atoms with van der Waals surface area (Å²) in [5.74, 6) is 0.447. The number of nitro groups is 1. The Balaban J connectivity index is 2.34. The molecule has 0 bridgehead atoms. The third kappa shape index (κ3) is 6.68. The summed E-state index contributed by atoms with van der Waals surface area (Å²) in [6.45, 7) is 5.79. The van der Waals surface area contributed by atoms with Crippen molar-refractivity contribution in [3.05, 3.63) is 38.3 Å². The summed E-state index contributed by atoms with van der Waals surface area (Å²) in [7, 11) is 0. The van der Waals surface area contributed by atoms with E-state index in [1.807, 2.05) is 19.9 Å². The Kier molecular flexibility index (Phi) is 7.31. The minimum absolute atomic E-state index is 0.0120. The van der Waals surface area contributed by atoms with E-state index in [1.165, 1.54) is 6.07 Å². The van der Waals surface area contributed by atoms with Crippen LogP contribution in [0.5, 0.6) is 0 Å². The molecule has 116 valence electrons. The van der Waals surface area contributed by atoms with Crippen molar-refractivity contribution in [1.29, 1.82) is 0 Å². The molecule has 1 rings (SSSR count). The first-order valence-corrected chi connectivity index (χ1v) is 7.59. The first-order valence-electron chi connectivity index (χ1n) is 6.80. The van der Waals surface area contributed by atoms with Crippen LogP contribution in [0.1, 0.15) is 25.8 Å². The smallest absolute Gasteiger partial charge is 0.283 e. The van der Waals surface area contributed by atoms with Crippen molar-refractivity contribution in [2.45, 2.75) is 26.8 Å². The van der Waals surface area contributed by atoms with E-state index >= 15 is 0 Å². The highest BCUT2D eigenvalue weighted by Gasteiger charge is 2.12. The van der Waals surface area contributed by atoms with Crippen molar-refractivity contribution in [1.82, 2.24) is 10.6 Å². The minimum Gasteiger partial charge on any atom is -0.356 e. The highest BCUT2D eigenvalue weighted by atomic mass is 79.9. The molecule has 1 aromatic rings. The number of hydrogen-bond acceptors (Lipinski definition) is 4. The van der Waals surface area contributed by atoms with Gasteiger partial charge in [0.05, 0.1) is 9.40 Å². The molecular weight excluding hydrogens is 338 g/mol. The maximum Gasteiger partial charge on any atom is 0.283 e. The van der Waals surface area contributed by atoms with Gasteiger partial charge in [-0.15, -0.1) is 0 Å². The third-order valence-electron chi connectivity index (χ3n) is 2.77. The molecule has 0 aromatic heterocycles. The zero-order chi connectivity index (χ0) is 15.8. The van der Waals surface area contributed by atoms with Crippen LogP contribution in [0.3, 0.4) is 0 Å².